The number of nitrogens with zero attached hydrogens (tertiary/aromatic N) is 2. The third kappa shape index (κ3) is 2.65. The number of hydrogen-bond acceptors (Lipinski definition) is 4. The average molecular weight is 243 g/mol. The Bertz CT molecular complexity index is 567. The summed E-state index contributed by atoms with van der Waals surface area (Å²) in [6.45, 7) is 4.48. The van der Waals surface area contributed by atoms with Crippen LogP contribution in [0.4, 0.5) is 5.82 Å². The fourth-order valence-corrected chi connectivity index (χ4v) is 1.86. The fourth-order valence-electron chi connectivity index (χ4n) is 1.86. The van der Waals surface area contributed by atoms with Crippen LogP contribution in [0.25, 0.3) is 11.3 Å². The number of anilines is 1. The topological polar surface area (TPSA) is 61.0 Å². The smallest absolute Gasteiger partial charge is 0.157 e. The van der Waals surface area contributed by atoms with Gasteiger partial charge >= 0.3 is 0 Å². The normalized spacial score (nSPS) is 10.6. The summed E-state index contributed by atoms with van der Waals surface area (Å²) in [7, 11) is 1.62. The molecular weight excluding hydrogens is 226 g/mol. The maximum atomic E-state index is 5.81. The molecule has 1 aromatic heterocycles. The van der Waals surface area contributed by atoms with Crippen LogP contribution in [0.5, 0.6) is 0 Å². The molecular formula is C14H17N3O. The third-order valence-corrected chi connectivity index (χ3v) is 2.73. The highest BCUT2D eigenvalue weighted by atomic mass is 16.5. The lowest BCUT2D eigenvalue weighted by molar-refractivity contribution is 0.178. The predicted molar refractivity (Wildman–Crippen MR) is 72.1 cm³/mol. The number of rotatable bonds is 3. The summed E-state index contributed by atoms with van der Waals surface area (Å²) in [5.74, 6) is 1.07. The Morgan fingerprint density at radius 2 is 1.94 bits per heavy atom. The monoisotopic (exact) mass is 243 g/mol. The van der Waals surface area contributed by atoms with E-state index >= 15 is 0 Å². The van der Waals surface area contributed by atoms with Crippen LogP contribution < -0.4 is 5.73 Å². The van der Waals surface area contributed by atoms with E-state index in [2.05, 4.69) is 42.0 Å². The quantitative estimate of drug-likeness (QED) is 0.899. The summed E-state index contributed by atoms with van der Waals surface area (Å²) < 4.78 is 5.05. The van der Waals surface area contributed by atoms with Crippen LogP contribution in [0.3, 0.4) is 0 Å². The van der Waals surface area contributed by atoms with E-state index in [9.17, 15) is 0 Å². The van der Waals surface area contributed by atoms with Crippen LogP contribution in [0, 0.1) is 13.8 Å². The molecule has 0 saturated heterocycles. The minimum atomic E-state index is 0.364. The maximum absolute atomic E-state index is 5.81. The molecule has 4 nitrogen and oxygen atoms in total. The van der Waals surface area contributed by atoms with Gasteiger partial charge in [-0.05, 0) is 25.5 Å². The van der Waals surface area contributed by atoms with E-state index in [0.717, 1.165) is 11.3 Å². The Labute approximate surface area is 107 Å². The Hall–Kier alpha value is -1.94. The van der Waals surface area contributed by atoms with Gasteiger partial charge in [0, 0.05) is 18.7 Å². The number of ether oxygens (including phenoxy) is 1. The Kier molecular flexibility index (Phi) is 3.58. The van der Waals surface area contributed by atoms with Crippen molar-refractivity contribution in [1.82, 2.24) is 9.97 Å². The summed E-state index contributed by atoms with van der Waals surface area (Å²) in [6.07, 6.45) is 0. The van der Waals surface area contributed by atoms with Gasteiger partial charge in [-0.2, -0.15) is 0 Å². The molecule has 2 rings (SSSR count). The van der Waals surface area contributed by atoms with E-state index in [-0.39, 0.29) is 0 Å². The maximum Gasteiger partial charge on any atom is 0.157 e. The lowest BCUT2D eigenvalue weighted by Crippen LogP contribution is -2.03. The standard InChI is InChI=1S/C14H17N3O/c1-9-4-5-10(2)11(6-9)12-7-13(15)17-14(16-12)8-18-3/h4-7H,8H2,1-3H3,(H2,15,16,17). The van der Waals surface area contributed by atoms with Crippen molar-refractivity contribution in [3.8, 4) is 11.3 Å². The second-order valence-electron chi connectivity index (χ2n) is 4.35. The molecule has 0 amide bonds. The van der Waals surface area contributed by atoms with Crippen molar-refractivity contribution >= 4 is 5.82 Å². The van der Waals surface area contributed by atoms with Gasteiger partial charge in [0.1, 0.15) is 12.4 Å². The van der Waals surface area contributed by atoms with Gasteiger partial charge < -0.3 is 10.5 Å². The van der Waals surface area contributed by atoms with Crippen molar-refractivity contribution in [3.63, 3.8) is 0 Å². The Morgan fingerprint density at radius 3 is 2.67 bits per heavy atom. The zero-order chi connectivity index (χ0) is 13.1. The molecule has 0 aliphatic carbocycles. The molecule has 0 aliphatic rings. The minimum absolute atomic E-state index is 0.364. The molecule has 0 bridgehead atoms. The van der Waals surface area contributed by atoms with Crippen LogP contribution in [0.1, 0.15) is 17.0 Å². The van der Waals surface area contributed by atoms with E-state index in [0.29, 0.717) is 18.2 Å². The van der Waals surface area contributed by atoms with Crippen LogP contribution in [-0.2, 0) is 11.3 Å². The molecule has 1 heterocycles. The molecule has 0 spiro atoms. The van der Waals surface area contributed by atoms with Crippen molar-refractivity contribution in [1.29, 1.82) is 0 Å². The van der Waals surface area contributed by atoms with Gasteiger partial charge in [0.15, 0.2) is 5.82 Å². The number of methoxy groups -OCH3 is 1. The highest BCUT2D eigenvalue weighted by Crippen LogP contribution is 2.24. The highest BCUT2D eigenvalue weighted by molar-refractivity contribution is 5.66. The molecule has 2 N–H and O–H groups in total. The number of aryl methyl sites for hydroxylation is 2. The number of nitrogens with two attached hydrogens (primary N) is 1. The molecule has 0 aliphatic heterocycles. The van der Waals surface area contributed by atoms with Crippen LogP contribution >= 0.6 is 0 Å². The first-order valence-corrected chi connectivity index (χ1v) is 5.80. The van der Waals surface area contributed by atoms with E-state index in [1.165, 1.54) is 11.1 Å². The summed E-state index contributed by atoms with van der Waals surface area (Å²) in [6, 6.07) is 8.06. The lowest BCUT2D eigenvalue weighted by Gasteiger charge is -2.09. The summed E-state index contributed by atoms with van der Waals surface area (Å²) >= 11 is 0. The average Bonchev–Trinajstić information content (AvgIpc) is 2.32. The number of hydrogen-bond donors (Lipinski definition) is 1. The van der Waals surface area contributed by atoms with Crippen LogP contribution in [0.15, 0.2) is 24.3 Å². The van der Waals surface area contributed by atoms with Crippen LogP contribution in [-0.4, -0.2) is 17.1 Å². The number of benzene rings is 1. The number of aromatic nitrogens is 2. The van der Waals surface area contributed by atoms with Crippen molar-refractivity contribution < 1.29 is 4.74 Å². The number of nitrogen functional groups attached to an aromatic ring is 1. The molecule has 0 saturated carbocycles. The van der Waals surface area contributed by atoms with Crippen molar-refractivity contribution in [2.75, 3.05) is 12.8 Å². The predicted octanol–water partition coefficient (Wildman–Crippen LogP) is 2.49. The third-order valence-electron chi connectivity index (χ3n) is 2.73. The second-order valence-corrected chi connectivity index (χ2v) is 4.35. The van der Waals surface area contributed by atoms with Gasteiger partial charge in [0.25, 0.3) is 0 Å². The first-order chi connectivity index (χ1) is 8.60. The first kappa shape index (κ1) is 12.5. The molecule has 1 aromatic carbocycles. The molecule has 0 atom stereocenters. The lowest BCUT2D eigenvalue weighted by atomic mass is 10.0. The zero-order valence-corrected chi connectivity index (χ0v) is 10.9. The van der Waals surface area contributed by atoms with E-state index in [1.807, 2.05) is 0 Å². The van der Waals surface area contributed by atoms with Gasteiger partial charge in [-0.3, -0.25) is 0 Å². The molecule has 94 valence electrons. The van der Waals surface area contributed by atoms with Crippen molar-refractivity contribution in [2.45, 2.75) is 20.5 Å². The van der Waals surface area contributed by atoms with Crippen LogP contribution in [0.2, 0.25) is 0 Å². The summed E-state index contributed by atoms with van der Waals surface area (Å²) in [4.78, 5) is 8.62. The highest BCUT2D eigenvalue weighted by Gasteiger charge is 2.07. The van der Waals surface area contributed by atoms with Gasteiger partial charge in [-0.15, -0.1) is 0 Å². The summed E-state index contributed by atoms with van der Waals surface area (Å²) in [5, 5.41) is 0. The van der Waals surface area contributed by atoms with Crippen molar-refractivity contribution in [2.24, 2.45) is 0 Å². The van der Waals surface area contributed by atoms with E-state index in [1.54, 1.807) is 13.2 Å². The minimum Gasteiger partial charge on any atom is -0.384 e. The van der Waals surface area contributed by atoms with E-state index < -0.39 is 0 Å². The summed E-state index contributed by atoms with van der Waals surface area (Å²) in [5.41, 5.74) is 10.1. The molecule has 2 aromatic rings. The fraction of sp³-hybridized carbons (Fsp3) is 0.286. The molecule has 4 heteroatoms. The zero-order valence-electron chi connectivity index (χ0n) is 10.9. The Morgan fingerprint density at radius 1 is 1.17 bits per heavy atom. The molecule has 0 unspecified atom stereocenters. The van der Waals surface area contributed by atoms with Gasteiger partial charge in [-0.25, -0.2) is 9.97 Å². The molecule has 0 radical (unpaired) electrons. The van der Waals surface area contributed by atoms with Gasteiger partial charge in [0.05, 0.1) is 5.69 Å². The van der Waals surface area contributed by atoms with Gasteiger partial charge in [0.2, 0.25) is 0 Å². The SMILES string of the molecule is COCc1nc(N)cc(-c2cc(C)ccc2C)n1. The Balaban J connectivity index is 2.52. The second kappa shape index (κ2) is 5.14. The molecule has 18 heavy (non-hydrogen) atoms. The first-order valence-electron chi connectivity index (χ1n) is 5.80. The van der Waals surface area contributed by atoms with Gasteiger partial charge in [-0.1, -0.05) is 17.7 Å². The van der Waals surface area contributed by atoms with E-state index in [4.69, 9.17) is 10.5 Å². The molecule has 0 fully saturated rings. The van der Waals surface area contributed by atoms with Crippen molar-refractivity contribution in [3.05, 3.63) is 41.2 Å². The largest absolute Gasteiger partial charge is 0.384 e.